The zero-order valence-corrected chi connectivity index (χ0v) is 27.8. The quantitative estimate of drug-likeness (QED) is 0.0693. The van der Waals surface area contributed by atoms with Gasteiger partial charge >= 0.3 is 0 Å². The lowest BCUT2D eigenvalue weighted by Crippen LogP contribution is -2.53. The fourth-order valence-electron chi connectivity index (χ4n) is 5.28. The molecule has 0 aromatic carbocycles. The predicted molar refractivity (Wildman–Crippen MR) is 169 cm³/mol. The molecule has 0 saturated carbocycles. The van der Waals surface area contributed by atoms with E-state index in [1.807, 2.05) is 0 Å². The fraction of sp³-hybridized carbons (Fsp3) is 1.00. The molecule has 0 radical (unpaired) electrons. The third kappa shape index (κ3) is 27.4. The first-order valence-electron chi connectivity index (χ1n) is 16.9. The molecule has 4 nitrogen and oxygen atoms in total. The molecule has 0 bridgehead atoms. The molecular weight excluding hydrogens is 468 g/mol. The number of likely N-dealkylation sites (N-methyl/N-ethyl adjacent to an activating group) is 2. The van der Waals surface area contributed by atoms with Crippen LogP contribution in [0.25, 0.3) is 0 Å². The number of ether oxygens (including phenoxy) is 2. The molecule has 0 rings (SSSR count). The van der Waals surface area contributed by atoms with Crippen LogP contribution in [0.15, 0.2) is 0 Å². The summed E-state index contributed by atoms with van der Waals surface area (Å²) < 4.78 is 15.0. The van der Waals surface area contributed by atoms with Crippen molar-refractivity contribution >= 4 is 0 Å². The Labute approximate surface area is 241 Å². The highest BCUT2D eigenvalue weighted by atomic mass is 16.5. The molecule has 0 aliphatic carbocycles. The van der Waals surface area contributed by atoms with E-state index in [1.165, 1.54) is 128 Å². The molecule has 0 aliphatic rings. The van der Waals surface area contributed by atoms with Crippen molar-refractivity contribution in [2.75, 3.05) is 68.6 Å². The van der Waals surface area contributed by atoms with Crippen molar-refractivity contribution in [3.8, 4) is 0 Å². The fourth-order valence-corrected chi connectivity index (χ4v) is 5.28. The van der Waals surface area contributed by atoms with Crippen molar-refractivity contribution in [1.29, 1.82) is 0 Å². The van der Waals surface area contributed by atoms with Gasteiger partial charge in [0.25, 0.3) is 0 Å². The molecule has 0 N–H and O–H groups in total. The normalized spacial score (nSPS) is 14.2. The smallest absolute Gasteiger partial charge is 0.138 e. The summed E-state index contributed by atoms with van der Waals surface area (Å²) in [4.78, 5) is 0. The Morgan fingerprint density at radius 3 is 0.842 bits per heavy atom. The Kier molecular flexibility index (Phi) is 24.5. The van der Waals surface area contributed by atoms with Gasteiger partial charge in [0.2, 0.25) is 0 Å². The number of unbranched alkanes of at least 4 members (excludes halogenated alkanes) is 18. The summed E-state index contributed by atoms with van der Waals surface area (Å²) in [5, 5.41) is 0. The number of quaternary nitrogens is 2. The highest BCUT2D eigenvalue weighted by molar-refractivity contribution is 4.71. The minimum Gasteiger partial charge on any atom is -0.369 e. The molecule has 0 heterocycles. The average Bonchev–Trinajstić information content (AvgIpc) is 2.83. The second-order valence-corrected chi connectivity index (χ2v) is 14.1. The maximum absolute atomic E-state index is 6.60. The van der Waals surface area contributed by atoms with E-state index in [-0.39, 0.29) is 12.2 Å². The van der Waals surface area contributed by atoms with Gasteiger partial charge in [0.05, 0.1) is 42.3 Å². The zero-order valence-electron chi connectivity index (χ0n) is 27.8. The molecule has 2 atom stereocenters. The molecule has 0 saturated heterocycles. The van der Waals surface area contributed by atoms with Gasteiger partial charge in [0.15, 0.2) is 0 Å². The Hall–Kier alpha value is -0.160. The van der Waals surface area contributed by atoms with Gasteiger partial charge in [-0.25, -0.2) is 0 Å². The van der Waals surface area contributed by atoms with Crippen molar-refractivity contribution in [3.05, 3.63) is 0 Å². The predicted octanol–water partition coefficient (Wildman–Crippen LogP) is 9.01. The van der Waals surface area contributed by atoms with Crippen LogP contribution in [0.1, 0.15) is 142 Å². The molecule has 0 fully saturated rings. The SMILES string of the molecule is CCCCCCCCCCCCO[C@@H](C[N+](C)(C)C)[C@@H](C[N+](C)(C)C)OCCCCCCCCCCCC. The lowest BCUT2D eigenvalue weighted by molar-refractivity contribution is -0.882. The van der Waals surface area contributed by atoms with Crippen molar-refractivity contribution in [3.63, 3.8) is 0 Å². The van der Waals surface area contributed by atoms with Crippen LogP contribution in [0, 0.1) is 0 Å². The summed E-state index contributed by atoms with van der Waals surface area (Å²) in [6.07, 6.45) is 27.6. The topological polar surface area (TPSA) is 18.5 Å². The summed E-state index contributed by atoms with van der Waals surface area (Å²) in [6.45, 7) is 8.33. The first kappa shape index (κ1) is 37.8. The van der Waals surface area contributed by atoms with Gasteiger partial charge in [0.1, 0.15) is 25.3 Å². The molecule has 4 heteroatoms. The van der Waals surface area contributed by atoms with Gasteiger partial charge in [-0.2, -0.15) is 0 Å². The Bertz CT molecular complexity index is 440. The van der Waals surface area contributed by atoms with Crippen LogP contribution in [0.5, 0.6) is 0 Å². The molecule has 0 unspecified atom stereocenters. The van der Waals surface area contributed by atoms with Crippen molar-refractivity contribution in [1.82, 2.24) is 0 Å². The minimum absolute atomic E-state index is 0.161. The number of hydrogen-bond donors (Lipinski definition) is 0. The van der Waals surface area contributed by atoms with E-state index >= 15 is 0 Å². The Balaban J connectivity index is 4.40. The Morgan fingerprint density at radius 2 is 0.605 bits per heavy atom. The van der Waals surface area contributed by atoms with E-state index in [4.69, 9.17) is 9.47 Å². The van der Waals surface area contributed by atoms with Crippen LogP contribution < -0.4 is 0 Å². The van der Waals surface area contributed by atoms with Gasteiger partial charge in [-0.15, -0.1) is 0 Å². The largest absolute Gasteiger partial charge is 0.369 e. The monoisotopic (exact) mass is 543 g/mol. The van der Waals surface area contributed by atoms with Gasteiger partial charge in [-0.05, 0) is 12.8 Å². The third-order valence-electron chi connectivity index (χ3n) is 7.53. The number of hydrogen-bond acceptors (Lipinski definition) is 2. The van der Waals surface area contributed by atoms with E-state index in [0.717, 1.165) is 35.3 Å². The van der Waals surface area contributed by atoms with Crippen LogP contribution in [-0.4, -0.2) is 89.8 Å². The van der Waals surface area contributed by atoms with Crippen LogP contribution in [0.4, 0.5) is 0 Å². The van der Waals surface area contributed by atoms with E-state index in [9.17, 15) is 0 Å². The van der Waals surface area contributed by atoms with Crippen LogP contribution in [-0.2, 0) is 9.47 Å². The van der Waals surface area contributed by atoms with E-state index < -0.39 is 0 Å². The summed E-state index contributed by atoms with van der Waals surface area (Å²) in [7, 11) is 13.7. The van der Waals surface area contributed by atoms with Gasteiger partial charge in [-0.1, -0.05) is 129 Å². The standard InChI is InChI=1S/C34H74N2O2/c1-9-11-13-15-17-19-21-23-25-27-29-37-33(31-35(3,4)5)34(32-36(6,7)8)38-30-28-26-24-22-20-18-16-14-12-10-2/h33-34H,9-32H2,1-8H3/q+2/t33-,34+. The highest BCUT2D eigenvalue weighted by Gasteiger charge is 2.32. The lowest BCUT2D eigenvalue weighted by atomic mass is 10.1. The van der Waals surface area contributed by atoms with Crippen molar-refractivity contribution in [2.24, 2.45) is 0 Å². The van der Waals surface area contributed by atoms with E-state index in [2.05, 4.69) is 56.1 Å². The summed E-state index contributed by atoms with van der Waals surface area (Å²) in [5.74, 6) is 0. The summed E-state index contributed by atoms with van der Waals surface area (Å²) in [6, 6.07) is 0. The second-order valence-electron chi connectivity index (χ2n) is 14.1. The van der Waals surface area contributed by atoms with Crippen LogP contribution in [0.2, 0.25) is 0 Å². The van der Waals surface area contributed by atoms with E-state index in [1.54, 1.807) is 0 Å². The molecular formula is C34H74N2O2+2. The third-order valence-corrected chi connectivity index (χ3v) is 7.53. The molecule has 38 heavy (non-hydrogen) atoms. The first-order valence-corrected chi connectivity index (χ1v) is 16.9. The maximum atomic E-state index is 6.60. The van der Waals surface area contributed by atoms with Gasteiger partial charge in [-0.3, -0.25) is 0 Å². The van der Waals surface area contributed by atoms with Gasteiger partial charge < -0.3 is 18.4 Å². The first-order chi connectivity index (χ1) is 18.1. The molecule has 230 valence electrons. The maximum Gasteiger partial charge on any atom is 0.138 e. The molecule has 0 aliphatic heterocycles. The minimum atomic E-state index is 0.161. The van der Waals surface area contributed by atoms with Gasteiger partial charge in [0, 0.05) is 13.2 Å². The lowest BCUT2D eigenvalue weighted by Gasteiger charge is -2.36. The molecule has 0 spiro atoms. The second kappa shape index (κ2) is 24.6. The van der Waals surface area contributed by atoms with Crippen molar-refractivity contribution in [2.45, 2.75) is 154 Å². The number of nitrogens with zero attached hydrogens (tertiary/aromatic N) is 2. The summed E-state index contributed by atoms with van der Waals surface area (Å²) in [5.41, 5.74) is 0. The van der Waals surface area contributed by atoms with Crippen LogP contribution in [0.3, 0.4) is 0 Å². The Morgan fingerprint density at radius 1 is 0.368 bits per heavy atom. The van der Waals surface area contributed by atoms with Crippen LogP contribution >= 0.6 is 0 Å². The van der Waals surface area contributed by atoms with E-state index in [0.29, 0.717) is 0 Å². The molecule has 0 aromatic rings. The zero-order chi connectivity index (χ0) is 28.5. The molecule has 0 amide bonds. The van der Waals surface area contributed by atoms with Crippen molar-refractivity contribution < 1.29 is 18.4 Å². The molecule has 0 aromatic heterocycles. The summed E-state index contributed by atoms with van der Waals surface area (Å²) >= 11 is 0. The highest BCUT2D eigenvalue weighted by Crippen LogP contribution is 2.16. The average molecular weight is 543 g/mol. The number of rotatable bonds is 29.